The van der Waals surface area contributed by atoms with Crippen LogP contribution in [0.3, 0.4) is 0 Å². The third-order valence-corrected chi connectivity index (χ3v) is 4.20. The highest BCUT2D eigenvalue weighted by molar-refractivity contribution is 6.03. The van der Waals surface area contributed by atoms with Crippen molar-refractivity contribution >= 4 is 11.6 Å². The zero-order chi connectivity index (χ0) is 19.1. The van der Waals surface area contributed by atoms with Gasteiger partial charge < -0.3 is 15.7 Å². The summed E-state index contributed by atoms with van der Waals surface area (Å²) < 4.78 is 0. The Morgan fingerprint density at radius 2 is 1.85 bits per heavy atom. The number of hydrogen-bond donors (Lipinski definition) is 3. The molecule has 1 amide bonds. The molecule has 27 heavy (non-hydrogen) atoms. The predicted molar refractivity (Wildman–Crippen MR) is 105 cm³/mol. The third-order valence-electron chi connectivity index (χ3n) is 4.20. The van der Waals surface area contributed by atoms with Crippen molar-refractivity contribution in [2.45, 2.75) is 13.5 Å². The van der Waals surface area contributed by atoms with E-state index in [1.54, 1.807) is 6.20 Å². The van der Waals surface area contributed by atoms with Crippen molar-refractivity contribution in [2.75, 3.05) is 18.5 Å². The number of carbonyl (C=O) groups is 1. The molecule has 0 bridgehead atoms. The van der Waals surface area contributed by atoms with E-state index < -0.39 is 0 Å². The summed E-state index contributed by atoms with van der Waals surface area (Å²) in [5.74, 6) is -0.300. The number of rotatable bonds is 7. The van der Waals surface area contributed by atoms with Crippen LogP contribution in [0.4, 0.5) is 5.69 Å². The molecule has 0 fully saturated rings. The van der Waals surface area contributed by atoms with Gasteiger partial charge in [0.2, 0.25) is 0 Å². The Kier molecular flexibility index (Phi) is 6.25. The van der Waals surface area contributed by atoms with Gasteiger partial charge in [0.05, 0.1) is 24.7 Å². The largest absolute Gasteiger partial charge is 0.395 e. The fourth-order valence-electron chi connectivity index (χ4n) is 2.75. The molecule has 0 atom stereocenters. The molecule has 0 aliphatic carbocycles. The van der Waals surface area contributed by atoms with Crippen LogP contribution in [0.2, 0.25) is 0 Å². The number of carbonyl (C=O) groups excluding carboxylic acids is 1. The Labute approximate surface area is 158 Å². The van der Waals surface area contributed by atoms with E-state index in [4.69, 9.17) is 5.11 Å². The van der Waals surface area contributed by atoms with E-state index in [0.717, 1.165) is 22.4 Å². The van der Waals surface area contributed by atoms with Crippen molar-refractivity contribution in [2.24, 2.45) is 0 Å². The van der Waals surface area contributed by atoms with Gasteiger partial charge in [0, 0.05) is 18.8 Å². The average Bonchev–Trinajstić information content (AvgIpc) is 2.71. The fraction of sp³-hybridized carbons (Fsp3) is 0.190. The lowest BCUT2D eigenvalue weighted by molar-refractivity contribution is 0.102. The summed E-state index contributed by atoms with van der Waals surface area (Å²) in [4.78, 5) is 20.9. The number of amides is 1. The Bertz CT molecular complexity index is 896. The van der Waals surface area contributed by atoms with Gasteiger partial charge in [0.25, 0.3) is 5.91 Å². The van der Waals surface area contributed by atoms with Crippen LogP contribution < -0.4 is 10.6 Å². The van der Waals surface area contributed by atoms with Crippen LogP contribution in [0.15, 0.2) is 60.9 Å². The number of aliphatic hydroxyl groups excluding tert-OH is 1. The van der Waals surface area contributed by atoms with Crippen molar-refractivity contribution in [1.82, 2.24) is 15.3 Å². The van der Waals surface area contributed by atoms with Crippen LogP contribution in [-0.2, 0) is 6.54 Å². The van der Waals surface area contributed by atoms with Crippen molar-refractivity contribution in [3.63, 3.8) is 0 Å². The predicted octanol–water partition coefficient (Wildman–Crippen LogP) is 2.79. The van der Waals surface area contributed by atoms with Gasteiger partial charge in [0.15, 0.2) is 0 Å². The molecule has 3 aromatic rings. The Hall–Kier alpha value is -3.09. The first-order valence-electron chi connectivity index (χ1n) is 8.78. The molecule has 0 unspecified atom stereocenters. The van der Waals surface area contributed by atoms with E-state index in [1.807, 2.05) is 55.5 Å². The number of anilines is 1. The van der Waals surface area contributed by atoms with E-state index in [-0.39, 0.29) is 18.2 Å². The molecule has 1 aromatic heterocycles. The summed E-state index contributed by atoms with van der Waals surface area (Å²) in [6.45, 7) is 3.03. The lowest BCUT2D eigenvalue weighted by atomic mass is 9.99. The quantitative estimate of drug-likeness (QED) is 0.563. The van der Waals surface area contributed by atoms with Crippen LogP contribution in [0, 0.1) is 6.92 Å². The Morgan fingerprint density at radius 3 is 2.56 bits per heavy atom. The zero-order valence-corrected chi connectivity index (χ0v) is 15.1. The standard InChI is InChI=1S/C21H22N4O2/c1-15-18(16-6-3-2-4-7-16)8-5-9-19(15)25-21(27)20-14-23-17(13-24-20)12-22-10-11-26/h2-9,13-14,22,26H,10-12H2,1H3,(H,25,27). The second-order valence-corrected chi connectivity index (χ2v) is 6.09. The fourth-order valence-corrected chi connectivity index (χ4v) is 2.75. The molecule has 3 N–H and O–H groups in total. The number of hydrogen-bond acceptors (Lipinski definition) is 5. The topological polar surface area (TPSA) is 87.1 Å². The minimum Gasteiger partial charge on any atom is -0.395 e. The first kappa shape index (κ1) is 18.7. The molecule has 0 spiro atoms. The smallest absolute Gasteiger partial charge is 0.275 e. The Balaban J connectivity index is 1.73. The van der Waals surface area contributed by atoms with Crippen molar-refractivity contribution in [1.29, 1.82) is 0 Å². The highest BCUT2D eigenvalue weighted by Gasteiger charge is 2.12. The van der Waals surface area contributed by atoms with E-state index in [9.17, 15) is 4.79 Å². The van der Waals surface area contributed by atoms with Crippen molar-refractivity contribution in [3.8, 4) is 11.1 Å². The van der Waals surface area contributed by atoms with Gasteiger partial charge in [-0.2, -0.15) is 0 Å². The number of aliphatic hydroxyl groups is 1. The molecular weight excluding hydrogens is 340 g/mol. The normalized spacial score (nSPS) is 10.6. The molecule has 1 heterocycles. The molecule has 0 saturated heterocycles. The summed E-state index contributed by atoms with van der Waals surface area (Å²) in [7, 11) is 0. The number of nitrogens with zero attached hydrogens (tertiary/aromatic N) is 2. The maximum atomic E-state index is 12.5. The molecule has 138 valence electrons. The summed E-state index contributed by atoms with van der Waals surface area (Å²) in [5.41, 5.74) is 4.88. The van der Waals surface area contributed by atoms with E-state index in [2.05, 4.69) is 20.6 Å². The molecule has 6 nitrogen and oxygen atoms in total. The molecule has 0 aliphatic heterocycles. The average molecular weight is 362 g/mol. The Morgan fingerprint density at radius 1 is 1.04 bits per heavy atom. The molecule has 0 radical (unpaired) electrons. The second-order valence-electron chi connectivity index (χ2n) is 6.09. The van der Waals surface area contributed by atoms with Gasteiger partial charge in [-0.05, 0) is 29.7 Å². The van der Waals surface area contributed by atoms with Gasteiger partial charge in [-0.15, -0.1) is 0 Å². The number of benzene rings is 2. The van der Waals surface area contributed by atoms with E-state index in [1.165, 1.54) is 6.20 Å². The van der Waals surface area contributed by atoms with Gasteiger partial charge in [0.1, 0.15) is 5.69 Å². The minimum absolute atomic E-state index is 0.0648. The molecule has 2 aromatic carbocycles. The van der Waals surface area contributed by atoms with E-state index in [0.29, 0.717) is 18.8 Å². The molecule has 0 aliphatic rings. The first-order chi connectivity index (χ1) is 13.2. The number of nitrogens with one attached hydrogen (secondary N) is 2. The van der Waals surface area contributed by atoms with Crippen molar-refractivity contribution < 1.29 is 9.90 Å². The lowest BCUT2D eigenvalue weighted by Crippen LogP contribution is -2.19. The van der Waals surface area contributed by atoms with Gasteiger partial charge in [-0.1, -0.05) is 42.5 Å². The van der Waals surface area contributed by atoms with Crippen LogP contribution in [0.5, 0.6) is 0 Å². The summed E-state index contributed by atoms with van der Waals surface area (Å²) >= 11 is 0. The molecule has 6 heteroatoms. The van der Waals surface area contributed by atoms with Crippen LogP contribution in [-0.4, -0.2) is 34.1 Å². The van der Waals surface area contributed by atoms with Crippen molar-refractivity contribution in [3.05, 3.63) is 77.9 Å². The molecule has 0 saturated carbocycles. The van der Waals surface area contributed by atoms with E-state index >= 15 is 0 Å². The minimum atomic E-state index is -0.300. The maximum Gasteiger partial charge on any atom is 0.275 e. The molecular formula is C21H22N4O2. The van der Waals surface area contributed by atoms with Gasteiger partial charge in [-0.3, -0.25) is 9.78 Å². The summed E-state index contributed by atoms with van der Waals surface area (Å²) in [6, 6.07) is 15.9. The SMILES string of the molecule is Cc1c(NC(=O)c2cnc(CNCCO)cn2)cccc1-c1ccccc1. The third kappa shape index (κ3) is 4.75. The summed E-state index contributed by atoms with van der Waals surface area (Å²) in [5, 5.41) is 14.7. The lowest BCUT2D eigenvalue weighted by Gasteiger charge is -2.12. The first-order valence-corrected chi connectivity index (χ1v) is 8.78. The van der Waals surface area contributed by atoms with Crippen LogP contribution in [0.25, 0.3) is 11.1 Å². The highest BCUT2D eigenvalue weighted by atomic mass is 16.3. The zero-order valence-electron chi connectivity index (χ0n) is 15.1. The van der Waals surface area contributed by atoms with Crippen LogP contribution >= 0.6 is 0 Å². The second kappa shape index (κ2) is 9.02. The summed E-state index contributed by atoms with van der Waals surface area (Å²) in [6.07, 6.45) is 3.02. The number of aromatic nitrogens is 2. The van der Waals surface area contributed by atoms with Gasteiger partial charge >= 0.3 is 0 Å². The van der Waals surface area contributed by atoms with Crippen LogP contribution in [0.1, 0.15) is 21.7 Å². The monoisotopic (exact) mass is 362 g/mol. The highest BCUT2D eigenvalue weighted by Crippen LogP contribution is 2.28. The van der Waals surface area contributed by atoms with Gasteiger partial charge in [-0.25, -0.2) is 4.98 Å². The molecule has 3 rings (SSSR count). The maximum absolute atomic E-state index is 12.5.